The molecule has 0 radical (unpaired) electrons. The first kappa shape index (κ1) is 15.7. The van der Waals surface area contributed by atoms with Crippen molar-refractivity contribution in [3.8, 4) is 10.6 Å². The first-order chi connectivity index (χ1) is 11.1. The van der Waals surface area contributed by atoms with Gasteiger partial charge in [0.15, 0.2) is 0 Å². The van der Waals surface area contributed by atoms with Crippen molar-refractivity contribution in [3.05, 3.63) is 34.8 Å². The third-order valence-electron chi connectivity index (χ3n) is 3.81. The van der Waals surface area contributed by atoms with Crippen molar-refractivity contribution in [3.63, 3.8) is 0 Å². The SMILES string of the molecule is CCCCN(C)C(=O)c1cc(-c2cccs2)nc2onc(C)c12. The van der Waals surface area contributed by atoms with Crippen LogP contribution in [-0.2, 0) is 0 Å². The molecule has 0 atom stereocenters. The number of carbonyl (C=O) groups excluding carboxylic acids is 1. The minimum atomic E-state index is -0.0186. The average Bonchev–Trinajstić information content (AvgIpc) is 3.21. The fourth-order valence-corrected chi connectivity index (χ4v) is 3.20. The highest BCUT2D eigenvalue weighted by atomic mass is 32.1. The number of unbranched alkanes of at least 4 members (excludes halogenated alkanes) is 1. The minimum absolute atomic E-state index is 0.0186. The Kier molecular flexibility index (Phi) is 4.43. The monoisotopic (exact) mass is 329 g/mol. The Hall–Kier alpha value is -2.21. The van der Waals surface area contributed by atoms with Crippen LogP contribution in [0.4, 0.5) is 0 Å². The van der Waals surface area contributed by atoms with Crippen LogP contribution in [0.25, 0.3) is 21.7 Å². The summed E-state index contributed by atoms with van der Waals surface area (Å²) in [5, 5.41) is 6.67. The van der Waals surface area contributed by atoms with E-state index >= 15 is 0 Å². The van der Waals surface area contributed by atoms with Crippen LogP contribution in [0, 0.1) is 6.92 Å². The zero-order valence-electron chi connectivity index (χ0n) is 13.5. The van der Waals surface area contributed by atoms with Crippen molar-refractivity contribution in [2.75, 3.05) is 13.6 Å². The van der Waals surface area contributed by atoms with E-state index < -0.39 is 0 Å². The predicted molar refractivity (Wildman–Crippen MR) is 91.7 cm³/mol. The lowest BCUT2D eigenvalue weighted by molar-refractivity contribution is 0.0795. The maximum absolute atomic E-state index is 12.9. The number of aryl methyl sites for hydroxylation is 1. The van der Waals surface area contributed by atoms with Crippen LogP contribution in [0.5, 0.6) is 0 Å². The van der Waals surface area contributed by atoms with E-state index in [9.17, 15) is 4.79 Å². The Morgan fingerprint density at radius 1 is 1.43 bits per heavy atom. The second-order valence-corrected chi connectivity index (χ2v) is 6.51. The fraction of sp³-hybridized carbons (Fsp3) is 0.353. The van der Waals surface area contributed by atoms with E-state index in [0.717, 1.165) is 30.0 Å². The van der Waals surface area contributed by atoms with Crippen LogP contribution in [-0.4, -0.2) is 34.5 Å². The van der Waals surface area contributed by atoms with E-state index in [2.05, 4.69) is 17.1 Å². The molecule has 0 N–H and O–H groups in total. The number of hydrogen-bond donors (Lipinski definition) is 0. The second-order valence-electron chi connectivity index (χ2n) is 5.56. The summed E-state index contributed by atoms with van der Waals surface area (Å²) in [6.45, 7) is 4.68. The number of rotatable bonds is 5. The van der Waals surface area contributed by atoms with Gasteiger partial charge in [0, 0.05) is 13.6 Å². The lowest BCUT2D eigenvalue weighted by Gasteiger charge is -2.17. The molecule has 3 aromatic rings. The molecule has 6 heteroatoms. The normalized spacial score (nSPS) is 11.1. The van der Waals surface area contributed by atoms with Gasteiger partial charge in [-0.25, -0.2) is 4.98 Å². The summed E-state index contributed by atoms with van der Waals surface area (Å²) in [5.41, 5.74) is 2.46. The number of carbonyl (C=O) groups is 1. The summed E-state index contributed by atoms with van der Waals surface area (Å²) in [6, 6.07) is 5.80. The van der Waals surface area contributed by atoms with Crippen molar-refractivity contribution >= 4 is 28.3 Å². The number of hydrogen-bond acceptors (Lipinski definition) is 5. The molecule has 0 fully saturated rings. The molecular weight excluding hydrogens is 310 g/mol. The van der Waals surface area contributed by atoms with Gasteiger partial charge in [-0.3, -0.25) is 4.79 Å². The van der Waals surface area contributed by atoms with Crippen molar-refractivity contribution in [1.82, 2.24) is 15.0 Å². The molecule has 5 nitrogen and oxygen atoms in total. The summed E-state index contributed by atoms with van der Waals surface area (Å²) in [6.07, 6.45) is 2.03. The zero-order chi connectivity index (χ0) is 16.4. The van der Waals surface area contributed by atoms with Gasteiger partial charge in [-0.15, -0.1) is 11.3 Å². The second kappa shape index (κ2) is 6.50. The predicted octanol–water partition coefficient (Wildman–Crippen LogP) is 4.13. The molecule has 1 amide bonds. The van der Waals surface area contributed by atoms with Crippen LogP contribution in [0.2, 0.25) is 0 Å². The van der Waals surface area contributed by atoms with E-state index in [1.165, 1.54) is 0 Å². The number of fused-ring (bicyclic) bond motifs is 1. The van der Waals surface area contributed by atoms with Gasteiger partial charge in [0.05, 0.1) is 27.2 Å². The molecule has 120 valence electrons. The van der Waals surface area contributed by atoms with E-state index in [4.69, 9.17) is 4.52 Å². The summed E-state index contributed by atoms with van der Waals surface area (Å²) >= 11 is 1.58. The number of amides is 1. The van der Waals surface area contributed by atoms with E-state index in [-0.39, 0.29) is 5.91 Å². The standard InChI is InChI=1S/C17H19N3O2S/c1-4-5-8-20(3)17(21)12-10-13(14-7-6-9-23-14)18-16-15(12)11(2)19-22-16/h6-7,9-10H,4-5,8H2,1-3H3. The largest absolute Gasteiger partial charge is 0.342 e. The molecule has 23 heavy (non-hydrogen) atoms. The van der Waals surface area contributed by atoms with Crippen molar-refractivity contribution in [2.45, 2.75) is 26.7 Å². The summed E-state index contributed by atoms with van der Waals surface area (Å²) in [7, 11) is 1.83. The third-order valence-corrected chi connectivity index (χ3v) is 4.71. The Morgan fingerprint density at radius 2 is 2.26 bits per heavy atom. The molecule has 0 unspecified atom stereocenters. The number of thiophene rings is 1. The van der Waals surface area contributed by atoms with Gasteiger partial charge < -0.3 is 9.42 Å². The zero-order valence-corrected chi connectivity index (χ0v) is 14.3. The number of pyridine rings is 1. The molecule has 3 heterocycles. The lowest BCUT2D eigenvalue weighted by atomic mass is 10.1. The minimum Gasteiger partial charge on any atom is -0.342 e. The molecule has 3 rings (SSSR count). The smallest absolute Gasteiger partial charge is 0.259 e. The maximum atomic E-state index is 12.9. The lowest BCUT2D eigenvalue weighted by Crippen LogP contribution is -2.28. The van der Waals surface area contributed by atoms with Crippen molar-refractivity contribution in [1.29, 1.82) is 0 Å². The van der Waals surface area contributed by atoms with Crippen LogP contribution in [0.15, 0.2) is 28.1 Å². The molecule has 0 aliphatic carbocycles. The van der Waals surface area contributed by atoms with Gasteiger partial charge in [-0.2, -0.15) is 0 Å². The van der Waals surface area contributed by atoms with Gasteiger partial charge in [0.2, 0.25) is 0 Å². The van der Waals surface area contributed by atoms with Gasteiger partial charge >= 0.3 is 0 Å². The van der Waals surface area contributed by atoms with Gasteiger partial charge in [-0.05, 0) is 30.9 Å². The van der Waals surface area contributed by atoms with E-state index in [1.54, 1.807) is 16.2 Å². The highest BCUT2D eigenvalue weighted by molar-refractivity contribution is 7.13. The Morgan fingerprint density at radius 3 is 2.96 bits per heavy atom. The molecule has 0 aliphatic rings. The molecular formula is C17H19N3O2S. The van der Waals surface area contributed by atoms with Crippen LogP contribution in [0.1, 0.15) is 35.8 Å². The summed E-state index contributed by atoms with van der Waals surface area (Å²) < 4.78 is 5.31. The van der Waals surface area contributed by atoms with Gasteiger partial charge in [0.25, 0.3) is 11.6 Å². The fourth-order valence-electron chi connectivity index (χ4n) is 2.52. The molecule has 0 spiro atoms. The number of aromatic nitrogens is 2. The van der Waals surface area contributed by atoms with Gasteiger partial charge in [-0.1, -0.05) is 24.6 Å². The van der Waals surface area contributed by atoms with Crippen LogP contribution < -0.4 is 0 Å². The third kappa shape index (κ3) is 2.99. The Bertz CT molecular complexity index is 824. The molecule has 0 saturated heterocycles. The van der Waals surface area contributed by atoms with Crippen LogP contribution in [0.3, 0.4) is 0 Å². The maximum Gasteiger partial charge on any atom is 0.259 e. The van der Waals surface area contributed by atoms with Crippen molar-refractivity contribution in [2.24, 2.45) is 0 Å². The van der Waals surface area contributed by atoms with E-state index in [1.807, 2.05) is 37.6 Å². The van der Waals surface area contributed by atoms with Crippen LogP contribution >= 0.6 is 11.3 Å². The summed E-state index contributed by atoms with van der Waals surface area (Å²) in [4.78, 5) is 20.1. The quantitative estimate of drug-likeness (QED) is 0.706. The topological polar surface area (TPSA) is 59.2 Å². The highest BCUT2D eigenvalue weighted by Crippen LogP contribution is 2.29. The molecule has 3 aromatic heterocycles. The highest BCUT2D eigenvalue weighted by Gasteiger charge is 2.21. The first-order valence-electron chi connectivity index (χ1n) is 7.68. The Balaban J connectivity index is 2.10. The molecule has 0 saturated carbocycles. The molecule has 0 bridgehead atoms. The molecule has 0 aromatic carbocycles. The van der Waals surface area contributed by atoms with E-state index in [0.29, 0.717) is 22.4 Å². The molecule has 0 aliphatic heterocycles. The summed E-state index contributed by atoms with van der Waals surface area (Å²) in [5.74, 6) is -0.0186. The first-order valence-corrected chi connectivity index (χ1v) is 8.56. The van der Waals surface area contributed by atoms with Crippen molar-refractivity contribution < 1.29 is 9.32 Å². The number of nitrogens with zero attached hydrogens (tertiary/aromatic N) is 3. The Labute approximate surface area is 138 Å². The average molecular weight is 329 g/mol. The van der Waals surface area contributed by atoms with Gasteiger partial charge in [0.1, 0.15) is 0 Å².